The van der Waals surface area contributed by atoms with Crippen LogP contribution in [-0.4, -0.2) is 44.7 Å². The number of amides is 1. The van der Waals surface area contributed by atoms with E-state index in [1.54, 1.807) is 13.0 Å². The van der Waals surface area contributed by atoms with E-state index >= 15 is 0 Å². The molecular formula is C25H28F2N4O3. The Morgan fingerprint density at radius 2 is 2.09 bits per heavy atom. The highest BCUT2D eigenvalue weighted by molar-refractivity contribution is 6.09. The number of aliphatic hydroxyl groups excluding tert-OH is 1. The molecule has 0 bridgehead atoms. The van der Waals surface area contributed by atoms with Gasteiger partial charge in [-0.2, -0.15) is 0 Å². The number of aromatic nitrogens is 3. The number of fused-ring (bicyclic) bond motifs is 1. The number of halogens is 2. The van der Waals surface area contributed by atoms with Crippen LogP contribution in [0.1, 0.15) is 66.6 Å². The van der Waals surface area contributed by atoms with Crippen LogP contribution in [0.25, 0.3) is 22.3 Å². The Labute approximate surface area is 196 Å². The van der Waals surface area contributed by atoms with Crippen molar-refractivity contribution in [1.29, 1.82) is 0 Å². The Morgan fingerprint density at radius 3 is 2.82 bits per heavy atom. The highest BCUT2D eigenvalue weighted by Crippen LogP contribution is 2.38. The molecule has 2 saturated carbocycles. The quantitative estimate of drug-likeness (QED) is 0.465. The summed E-state index contributed by atoms with van der Waals surface area (Å²) in [4.78, 5) is 25.1. The molecule has 5 rings (SSSR count). The largest absolute Gasteiger partial charge is 0.493 e. The molecular weight excluding hydrogens is 442 g/mol. The highest BCUT2D eigenvalue weighted by Gasteiger charge is 2.27. The smallest absolute Gasteiger partial charge is 0.263 e. The van der Waals surface area contributed by atoms with Gasteiger partial charge in [-0.15, -0.1) is 0 Å². The third kappa shape index (κ3) is 4.61. The van der Waals surface area contributed by atoms with E-state index in [9.17, 15) is 18.7 Å². The van der Waals surface area contributed by atoms with Crippen LogP contribution in [0.3, 0.4) is 0 Å². The number of ether oxygens (including phenoxy) is 1. The SMILES string of the molecule is Cc1[nH]c2c(-c3cc(C(F)F)ccc3OCC3CC3)ncnc2c1C(=O)N[C@H]1CCC[C@@H](O)C1. The van der Waals surface area contributed by atoms with Gasteiger partial charge in [-0.25, -0.2) is 18.7 Å². The number of nitrogens with zero attached hydrogens (tertiary/aromatic N) is 2. The van der Waals surface area contributed by atoms with E-state index in [4.69, 9.17) is 4.74 Å². The molecule has 180 valence electrons. The number of nitrogens with one attached hydrogen (secondary N) is 2. The lowest BCUT2D eigenvalue weighted by molar-refractivity contribution is 0.0850. The number of H-pyrrole nitrogens is 1. The minimum Gasteiger partial charge on any atom is -0.493 e. The Balaban J connectivity index is 1.52. The van der Waals surface area contributed by atoms with Gasteiger partial charge in [0, 0.05) is 22.9 Å². The Morgan fingerprint density at radius 1 is 1.26 bits per heavy atom. The maximum atomic E-state index is 13.5. The lowest BCUT2D eigenvalue weighted by atomic mass is 9.93. The van der Waals surface area contributed by atoms with Gasteiger partial charge in [0.15, 0.2) is 0 Å². The van der Waals surface area contributed by atoms with Crippen LogP contribution in [0.5, 0.6) is 5.75 Å². The molecule has 1 amide bonds. The van der Waals surface area contributed by atoms with Crippen molar-refractivity contribution >= 4 is 16.9 Å². The fraction of sp³-hybridized carbons (Fsp3) is 0.480. The maximum Gasteiger partial charge on any atom is 0.263 e. The van der Waals surface area contributed by atoms with Gasteiger partial charge in [0.2, 0.25) is 0 Å². The zero-order valence-corrected chi connectivity index (χ0v) is 19.0. The summed E-state index contributed by atoms with van der Waals surface area (Å²) in [6, 6.07) is 4.22. The van der Waals surface area contributed by atoms with Gasteiger partial charge in [-0.3, -0.25) is 4.79 Å². The molecule has 0 spiro atoms. The summed E-state index contributed by atoms with van der Waals surface area (Å²) in [5.74, 6) is 0.694. The van der Waals surface area contributed by atoms with Crippen molar-refractivity contribution in [3.05, 3.63) is 41.3 Å². The monoisotopic (exact) mass is 470 g/mol. The zero-order valence-electron chi connectivity index (χ0n) is 19.0. The normalized spacial score (nSPS) is 20.6. The molecule has 2 fully saturated rings. The van der Waals surface area contributed by atoms with Crippen LogP contribution < -0.4 is 10.1 Å². The molecule has 0 unspecified atom stereocenters. The van der Waals surface area contributed by atoms with Crippen molar-refractivity contribution in [3.8, 4) is 17.0 Å². The van der Waals surface area contributed by atoms with Crippen LogP contribution in [0.2, 0.25) is 0 Å². The number of aromatic amines is 1. The van der Waals surface area contributed by atoms with E-state index in [0.29, 0.717) is 58.2 Å². The van der Waals surface area contributed by atoms with Crippen LogP contribution in [0.4, 0.5) is 8.78 Å². The van der Waals surface area contributed by atoms with E-state index in [1.165, 1.54) is 18.5 Å². The molecule has 1 aromatic carbocycles. The van der Waals surface area contributed by atoms with E-state index in [-0.39, 0.29) is 17.5 Å². The first-order chi connectivity index (χ1) is 16.4. The summed E-state index contributed by atoms with van der Waals surface area (Å²) < 4.78 is 33.0. The summed E-state index contributed by atoms with van der Waals surface area (Å²) in [5.41, 5.74) is 2.64. The van der Waals surface area contributed by atoms with Gasteiger partial charge in [-0.05, 0) is 69.6 Å². The van der Waals surface area contributed by atoms with Crippen molar-refractivity contribution in [2.24, 2.45) is 5.92 Å². The van der Waals surface area contributed by atoms with Crippen LogP contribution in [0, 0.1) is 12.8 Å². The third-order valence-corrected chi connectivity index (χ3v) is 6.66. The minimum atomic E-state index is -2.63. The molecule has 2 aromatic heterocycles. The maximum absolute atomic E-state index is 13.5. The summed E-state index contributed by atoms with van der Waals surface area (Å²) in [6.45, 7) is 2.30. The second-order valence-electron chi connectivity index (χ2n) is 9.37. The molecule has 2 heterocycles. The Bertz CT molecular complexity index is 1210. The molecule has 0 aliphatic heterocycles. The topological polar surface area (TPSA) is 100 Å². The molecule has 7 nitrogen and oxygen atoms in total. The highest BCUT2D eigenvalue weighted by atomic mass is 19.3. The average Bonchev–Trinajstić information content (AvgIpc) is 3.57. The number of aliphatic hydroxyl groups is 1. The predicted molar refractivity (Wildman–Crippen MR) is 123 cm³/mol. The molecule has 0 radical (unpaired) electrons. The first-order valence-corrected chi connectivity index (χ1v) is 11.8. The van der Waals surface area contributed by atoms with Crippen molar-refractivity contribution in [1.82, 2.24) is 20.3 Å². The van der Waals surface area contributed by atoms with Crippen LogP contribution >= 0.6 is 0 Å². The van der Waals surface area contributed by atoms with Crippen molar-refractivity contribution in [2.75, 3.05) is 6.61 Å². The van der Waals surface area contributed by atoms with Gasteiger partial charge in [0.25, 0.3) is 12.3 Å². The van der Waals surface area contributed by atoms with E-state index in [2.05, 4.69) is 20.3 Å². The fourth-order valence-corrected chi connectivity index (χ4v) is 4.64. The van der Waals surface area contributed by atoms with E-state index in [0.717, 1.165) is 32.1 Å². The van der Waals surface area contributed by atoms with Crippen molar-refractivity contribution in [2.45, 2.75) is 64.0 Å². The number of benzene rings is 1. The number of carbonyl (C=O) groups is 1. The van der Waals surface area contributed by atoms with E-state index in [1.807, 2.05) is 0 Å². The second-order valence-corrected chi connectivity index (χ2v) is 9.37. The molecule has 3 N–H and O–H groups in total. The average molecular weight is 471 g/mol. The van der Waals surface area contributed by atoms with Crippen molar-refractivity contribution < 1.29 is 23.4 Å². The van der Waals surface area contributed by atoms with E-state index < -0.39 is 12.5 Å². The first kappa shape index (κ1) is 22.7. The number of aryl methyl sites for hydroxylation is 1. The van der Waals surface area contributed by atoms with Crippen LogP contribution in [0.15, 0.2) is 24.5 Å². The summed E-state index contributed by atoms with van der Waals surface area (Å²) in [5, 5.41) is 13.0. The molecule has 2 aliphatic carbocycles. The fourth-order valence-electron chi connectivity index (χ4n) is 4.64. The number of hydrogen-bond donors (Lipinski definition) is 3. The minimum absolute atomic E-state index is 0.105. The Hall–Kier alpha value is -3.07. The molecule has 34 heavy (non-hydrogen) atoms. The molecule has 0 saturated heterocycles. The molecule has 2 aliphatic rings. The lowest BCUT2D eigenvalue weighted by Gasteiger charge is -2.26. The first-order valence-electron chi connectivity index (χ1n) is 11.8. The standard InChI is InChI=1S/C25H28F2N4O3/c1-13-20(25(33)31-16-3-2-4-17(32)10-16)22-23(30-13)21(28-12-29-22)18-9-15(24(26)27)7-8-19(18)34-11-14-5-6-14/h7-9,12,14,16-17,24,30,32H,2-6,10-11H2,1H3,(H,31,33)/t16-,17+/m0/s1. The summed E-state index contributed by atoms with van der Waals surface area (Å²) in [6.07, 6.45) is 3.45. The lowest BCUT2D eigenvalue weighted by Crippen LogP contribution is -2.39. The molecule has 2 atom stereocenters. The van der Waals surface area contributed by atoms with Gasteiger partial charge < -0.3 is 20.1 Å². The molecule has 9 heteroatoms. The second kappa shape index (κ2) is 9.29. The number of rotatable bonds is 7. The zero-order chi connectivity index (χ0) is 23.8. The van der Waals surface area contributed by atoms with Crippen molar-refractivity contribution in [3.63, 3.8) is 0 Å². The summed E-state index contributed by atoms with van der Waals surface area (Å²) in [7, 11) is 0. The number of hydrogen-bond acceptors (Lipinski definition) is 5. The van der Waals surface area contributed by atoms with Gasteiger partial charge >= 0.3 is 0 Å². The third-order valence-electron chi connectivity index (χ3n) is 6.66. The number of carbonyl (C=O) groups excluding carboxylic acids is 1. The predicted octanol–water partition coefficient (Wildman–Crippen LogP) is 4.69. The Kier molecular flexibility index (Phi) is 6.20. The van der Waals surface area contributed by atoms with Gasteiger partial charge in [-0.1, -0.05) is 0 Å². The number of alkyl halides is 2. The van der Waals surface area contributed by atoms with Gasteiger partial charge in [0.05, 0.1) is 23.8 Å². The molecule has 3 aromatic rings. The summed E-state index contributed by atoms with van der Waals surface area (Å²) >= 11 is 0. The van der Waals surface area contributed by atoms with Crippen LogP contribution in [-0.2, 0) is 0 Å². The van der Waals surface area contributed by atoms with Gasteiger partial charge in [0.1, 0.15) is 23.3 Å².